The fourth-order valence-corrected chi connectivity index (χ4v) is 2.78. The Labute approximate surface area is 120 Å². The van der Waals surface area contributed by atoms with Gasteiger partial charge in [0.25, 0.3) is 0 Å². The highest BCUT2D eigenvalue weighted by atomic mass is 16.4. The smallest absolute Gasteiger partial charge is 0.335 e. The van der Waals surface area contributed by atoms with Gasteiger partial charge in [-0.05, 0) is 30.0 Å². The van der Waals surface area contributed by atoms with E-state index in [0.717, 1.165) is 26.2 Å². The monoisotopic (exact) mass is 276 g/mol. The number of nitrogens with zero attached hydrogens (tertiary/aromatic N) is 1. The number of piperazine rings is 1. The van der Waals surface area contributed by atoms with Crippen LogP contribution in [0.2, 0.25) is 0 Å². The van der Waals surface area contributed by atoms with Gasteiger partial charge in [0.1, 0.15) is 0 Å². The first-order chi connectivity index (χ1) is 9.54. The summed E-state index contributed by atoms with van der Waals surface area (Å²) in [5, 5.41) is 12.5. The Morgan fingerprint density at radius 3 is 2.70 bits per heavy atom. The van der Waals surface area contributed by atoms with Gasteiger partial charge in [-0.3, -0.25) is 4.90 Å². The van der Waals surface area contributed by atoms with Crippen molar-refractivity contribution in [1.29, 1.82) is 0 Å². The lowest BCUT2D eigenvalue weighted by molar-refractivity contribution is 0.0697. The van der Waals surface area contributed by atoms with Crippen molar-refractivity contribution in [3.8, 4) is 0 Å². The summed E-state index contributed by atoms with van der Waals surface area (Å²) in [6, 6.07) is 7.78. The van der Waals surface area contributed by atoms with Crippen LogP contribution in [0.5, 0.6) is 0 Å². The van der Waals surface area contributed by atoms with E-state index in [4.69, 9.17) is 5.11 Å². The molecular formula is C16H24N2O2. The number of nitrogens with one attached hydrogen (secondary N) is 1. The minimum absolute atomic E-state index is 0.353. The van der Waals surface area contributed by atoms with Crippen LogP contribution in [0.25, 0.3) is 0 Å². The normalized spacial score (nSPS) is 20.2. The molecule has 0 bridgehead atoms. The van der Waals surface area contributed by atoms with Crippen LogP contribution in [0.1, 0.15) is 36.2 Å². The van der Waals surface area contributed by atoms with E-state index >= 15 is 0 Å². The molecule has 2 rings (SSSR count). The van der Waals surface area contributed by atoms with Gasteiger partial charge in [0, 0.05) is 32.2 Å². The van der Waals surface area contributed by atoms with Crippen LogP contribution in [0, 0.1) is 5.92 Å². The minimum Gasteiger partial charge on any atom is -0.478 e. The largest absolute Gasteiger partial charge is 0.478 e. The molecule has 1 saturated heterocycles. The molecule has 0 unspecified atom stereocenters. The number of hydrogen-bond donors (Lipinski definition) is 2. The van der Waals surface area contributed by atoms with Crippen LogP contribution >= 0.6 is 0 Å². The molecule has 20 heavy (non-hydrogen) atoms. The maximum absolute atomic E-state index is 10.8. The average Bonchev–Trinajstić information content (AvgIpc) is 2.39. The Morgan fingerprint density at radius 2 is 2.10 bits per heavy atom. The first-order valence-corrected chi connectivity index (χ1v) is 7.32. The Morgan fingerprint density at radius 1 is 1.40 bits per heavy atom. The van der Waals surface area contributed by atoms with Gasteiger partial charge in [-0.1, -0.05) is 26.0 Å². The molecule has 4 heteroatoms. The van der Waals surface area contributed by atoms with Crippen LogP contribution in [0.15, 0.2) is 24.3 Å². The van der Waals surface area contributed by atoms with E-state index in [1.165, 1.54) is 12.0 Å². The molecule has 1 heterocycles. The minimum atomic E-state index is -0.865. The van der Waals surface area contributed by atoms with Crippen molar-refractivity contribution < 1.29 is 9.90 Å². The van der Waals surface area contributed by atoms with Gasteiger partial charge >= 0.3 is 5.97 Å². The molecule has 2 N–H and O–H groups in total. The zero-order valence-electron chi connectivity index (χ0n) is 12.3. The van der Waals surface area contributed by atoms with Crippen LogP contribution in [0.3, 0.4) is 0 Å². The maximum Gasteiger partial charge on any atom is 0.335 e. The first kappa shape index (κ1) is 15.0. The van der Waals surface area contributed by atoms with Crippen molar-refractivity contribution in [2.75, 3.05) is 19.6 Å². The number of hydrogen-bond acceptors (Lipinski definition) is 3. The molecule has 1 aromatic carbocycles. The fourth-order valence-electron chi connectivity index (χ4n) is 2.78. The lowest BCUT2D eigenvalue weighted by Gasteiger charge is -2.34. The molecule has 1 aliphatic heterocycles. The fraction of sp³-hybridized carbons (Fsp3) is 0.562. The zero-order valence-corrected chi connectivity index (χ0v) is 12.3. The molecule has 0 aliphatic carbocycles. The van der Waals surface area contributed by atoms with Gasteiger partial charge in [0.05, 0.1) is 5.56 Å². The lowest BCUT2D eigenvalue weighted by Crippen LogP contribution is -2.50. The van der Waals surface area contributed by atoms with Crippen molar-refractivity contribution >= 4 is 5.97 Å². The molecule has 1 fully saturated rings. The van der Waals surface area contributed by atoms with Crippen LogP contribution < -0.4 is 5.32 Å². The third-order valence-electron chi connectivity index (χ3n) is 3.70. The van der Waals surface area contributed by atoms with Crippen LogP contribution in [0.4, 0.5) is 0 Å². The molecule has 0 saturated carbocycles. The van der Waals surface area contributed by atoms with Gasteiger partial charge in [-0.25, -0.2) is 4.79 Å². The lowest BCUT2D eigenvalue weighted by atomic mass is 10.0. The Hall–Kier alpha value is -1.39. The second kappa shape index (κ2) is 6.86. The van der Waals surface area contributed by atoms with Crippen molar-refractivity contribution in [3.63, 3.8) is 0 Å². The summed E-state index contributed by atoms with van der Waals surface area (Å²) in [6.45, 7) is 8.56. The molecular weight excluding hydrogens is 252 g/mol. The summed E-state index contributed by atoms with van der Waals surface area (Å²) in [6.07, 6.45) is 1.20. The van der Waals surface area contributed by atoms with Gasteiger partial charge in [0.2, 0.25) is 0 Å². The molecule has 0 aromatic heterocycles. The van der Waals surface area contributed by atoms with E-state index < -0.39 is 5.97 Å². The van der Waals surface area contributed by atoms with Crippen LogP contribution in [-0.4, -0.2) is 41.7 Å². The van der Waals surface area contributed by atoms with Gasteiger partial charge in [-0.2, -0.15) is 0 Å². The summed E-state index contributed by atoms with van der Waals surface area (Å²) < 4.78 is 0. The molecule has 1 aliphatic rings. The number of benzene rings is 1. The summed E-state index contributed by atoms with van der Waals surface area (Å²) >= 11 is 0. The summed E-state index contributed by atoms with van der Waals surface area (Å²) in [7, 11) is 0. The first-order valence-electron chi connectivity index (χ1n) is 7.32. The van der Waals surface area contributed by atoms with Crippen molar-refractivity contribution in [2.24, 2.45) is 5.92 Å². The molecule has 1 aromatic rings. The molecule has 0 spiro atoms. The van der Waals surface area contributed by atoms with Crippen molar-refractivity contribution in [3.05, 3.63) is 35.4 Å². The van der Waals surface area contributed by atoms with E-state index in [1.807, 2.05) is 12.1 Å². The number of carboxylic acid groups (broad SMARTS) is 1. The van der Waals surface area contributed by atoms with Crippen molar-refractivity contribution in [1.82, 2.24) is 10.2 Å². The third kappa shape index (κ3) is 4.32. The van der Waals surface area contributed by atoms with Gasteiger partial charge in [-0.15, -0.1) is 0 Å². The second-order valence-electron chi connectivity index (χ2n) is 6.02. The average molecular weight is 276 g/mol. The standard InChI is InChI=1S/C16H24N2O2/c1-12(2)9-15-11-18(8-7-17-15)10-13-3-5-14(6-4-13)16(19)20/h3-6,12,15,17H,7-11H2,1-2H3,(H,19,20)/t15-/m1/s1. The number of carboxylic acids is 1. The number of rotatable bonds is 5. The highest BCUT2D eigenvalue weighted by molar-refractivity contribution is 5.87. The summed E-state index contributed by atoms with van der Waals surface area (Å²) in [4.78, 5) is 13.3. The van der Waals surface area contributed by atoms with E-state index in [0.29, 0.717) is 17.5 Å². The molecule has 1 atom stereocenters. The SMILES string of the molecule is CC(C)C[C@@H]1CN(Cc2ccc(C(=O)O)cc2)CCN1. The quantitative estimate of drug-likeness (QED) is 0.865. The highest BCUT2D eigenvalue weighted by Gasteiger charge is 2.20. The Balaban J connectivity index is 1.90. The topological polar surface area (TPSA) is 52.6 Å². The predicted octanol–water partition coefficient (Wildman–Crippen LogP) is 2.20. The maximum atomic E-state index is 10.8. The van der Waals surface area contributed by atoms with E-state index in [9.17, 15) is 4.79 Å². The Bertz CT molecular complexity index is 442. The highest BCUT2D eigenvalue weighted by Crippen LogP contribution is 2.13. The van der Waals surface area contributed by atoms with E-state index in [1.54, 1.807) is 12.1 Å². The Kier molecular flexibility index (Phi) is 5.15. The molecule has 4 nitrogen and oxygen atoms in total. The van der Waals surface area contributed by atoms with Crippen LogP contribution in [-0.2, 0) is 6.54 Å². The molecule has 110 valence electrons. The van der Waals surface area contributed by atoms with Gasteiger partial charge < -0.3 is 10.4 Å². The van der Waals surface area contributed by atoms with Crippen molar-refractivity contribution in [2.45, 2.75) is 32.9 Å². The molecule has 0 radical (unpaired) electrons. The number of carbonyl (C=O) groups is 1. The van der Waals surface area contributed by atoms with Gasteiger partial charge in [0.15, 0.2) is 0 Å². The van der Waals surface area contributed by atoms with E-state index in [2.05, 4.69) is 24.1 Å². The predicted molar refractivity (Wildman–Crippen MR) is 79.9 cm³/mol. The molecule has 0 amide bonds. The zero-order chi connectivity index (χ0) is 14.5. The second-order valence-corrected chi connectivity index (χ2v) is 6.02. The third-order valence-corrected chi connectivity index (χ3v) is 3.70. The summed E-state index contributed by atoms with van der Waals surface area (Å²) in [5.74, 6) is -0.155. The van der Waals surface area contributed by atoms with E-state index in [-0.39, 0.29) is 0 Å². The number of aromatic carboxylic acids is 1. The summed E-state index contributed by atoms with van der Waals surface area (Å²) in [5.41, 5.74) is 1.53.